The monoisotopic (exact) mass is 430 g/mol. The topological polar surface area (TPSA) is 84.0 Å². The van der Waals surface area contributed by atoms with Crippen LogP contribution >= 0.6 is 0 Å². The maximum Gasteiger partial charge on any atom is 0.307 e. The first-order chi connectivity index (χ1) is 14.9. The van der Waals surface area contributed by atoms with Gasteiger partial charge in [-0.05, 0) is 32.6 Å². The fraction of sp³-hybridized carbons (Fsp3) is 0.833. The largest absolute Gasteiger partial charge is 0.453 e. The van der Waals surface area contributed by atoms with Gasteiger partial charge in [-0.3, -0.25) is 19.2 Å². The van der Waals surface area contributed by atoms with E-state index < -0.39 is 29.6 Å². The van der Waals surface area contributed by atoms with Crippen molar-refractivity contribution in [3.63, 3.8) is 0 Å². The lowest BCUT2D eigenvalue weighted by atomic mass is 9.79. The van der Waals surface area contributed by atoms with Gasteiger partial charge in [0.2, 0.25) is 11.8 Å². The van der Waals surface area contributed by atoms with Gasteiger partial charge in [0.1, 0.15) is 5.78 Å². The van der Waals surface area contributed by atoms with Gasteiger partial charge in [-0.25, -0.2) is 0 Å². The first-order valence-corrected chi connectivity index (χ1v) is 12.3. The molecule has 170 valence electrons. The Bertz CT molecular complexity index is 783. The van der Waals surface area contributed by atoms with Crippen molar-refractivity contribution in [3.05, 3.63) is 0 Å². The van der Waals surface area contributed by atoms with Crippen LogP contribution in [0.4, 0.5) is 0 Å². The molecule has 0 aromatic heterocycles. The highest BCUT2D eigenvalue weighted by molar-refractivity contribution is 6.02. The van der Waals surface area contributed by atoms with Crippen molar-refractivity contribution in [2.75, 3.05) is 0 Å². The van der Waals surface area contributed by atoms with Crippen LogP contribution in [0.1, 0.15) is 90.4 Å². The highest BCUT2D eigenvalue weighted by Gasteiger charge is 2.77. The molecule has 3 heterocycles. The van der Waals surface area contributed by atoms with Gasteiger partial charge in [-0.15, -0.1) is 0 Å². The Morgan fingerprint density at radius 3 is 2.00 bits per heavy atom. The Hall–Kier alpha value is -1.92. The first-order valence-electron chi connectivity index (χ1n) is 12.3. The van der Waals surface area contributed by atoms with Crippen molar-refractivity contribution >= 4 is 23.6 Å². The maximum absolute atomic E-state index is 14.1. The summed E-state index contributed by atoms with van der Waals surface area (Å²) in [7, 11) is 0. The number of hydrogen-bond acceptors (Lipinski definition) is 5. The van der Waals surface area contributed by atoms with Crippen LogP contribution in [0.3, 0.4) is 0 Å². The minimum atomic E-state index is -1.19. The summed E-state index contributed by atoms with van der Waals surface area (Å²) in [4.78, 5) is 56.2. The molecule has 5 fully saturated rings. The molecule has 2 aliphatic carbocycles. The van der Waals surface area contributed by atoms with E-state index in [0.717, 1.165) is 70.6 Å². The summed E-state index contributed by atoms with van der Waals surface area (Å²) in [5.41, 5.74) is -1.19. The van der Waals surface area contributed by atoms with E-state index in [4.69, 9.17) is 4.74 Å². The molecule has 3 saturated heterocycles. The summed E-state index contributed by atoms with van der Waals surface area (Å²) in [5.74, 6) is -1.28. The van der Waals surface area contributed by atoms with Crippen LogP contribution in [0.2, 0.25) is 0 Å². The van der Waals surface area contributed by atoms with E-state index >= 15 is 0 Å². The van der Waals surface area contributed by atoms with E-state index in [-0.39, 0.29) is 42.5 Å². The number of Topliss-reactive ketones (excluding diaryl/α,β-unsaturated/α-hetero) is 1. The lowest BCUT2D eigenvalue weighted by Gasteiger charge is -2.38. The van der Waals surface area contributed by atoms with E-state index in [2.05, 4.69) is 0 Å². The third-order valence-corrected chi connectivity index (χ3v) is 8.48. The number of ketones is 1. The average molecular weight is 431 g/mol. The van der Waals surface area contributed by atoms with Crippen LogP contribution in [0, 0.1) is 5.92 Å². The minimum absolute atomic E-state index is 0.0265. The second kappa shape index (κ2) is 7.89. The second-order valence-corrected chi connectivity index (χ2v) is 10.3. The third kappa shape index (κ3) is 3.13. The predicted octanol–water partition coefficient (Wildman–Crippen LogP) is 2.74. The molecular formula is C24H34N2O5. The number of esters is 1. The Balaban J connectivity index is 1.59. The zero-order valence-corrected chi connectivity index (χ0v) is 18.5. The molecule has 5 aliphatic rings. The number of hydrogen-bond donors (Lipinski definition) is 0. The van der Waals surface area contributed by atoms with Crippen molar-refractivity contribution < 1.29 is 23.9 Å². The van der Waals surface area contributed by atoms with Crippen molar-refractivity contribution in [2.45, 2.75) is 120 Å². The van der Waals surface area contributed by atoms with Gasteiger partial charge in [-0.2, -0.15) is 0 Å². The number of nitrogens with zero attached hydrogens (tertiary/aromatic N) is 2. The van der Waals surface area contributed by atoms with Gasteiger partial charge in [0.25, 0.3) is 0 Å². The summed E-state index contributed by atoms with van der Waals surface area (Å²) in [6.07, 6.45) is 11.5. The Labute approximate surface area is 183 Å². The van der Waals surface area contributed by atoms with E-state index in [1.165, 1.54) is 6.92 Å². The number of amides is 2. The van der Waals surface area contributed by atoms with Crippen LogP contribution in [-0.4, -0.2) is 63.1 Å². The fourth-order valence-corrected chi connectivity index (χ4v) is 7.24. The molecule has 3 aliphatic heterocycles. The van der Waals surface area contributed by atoms with Crippen LogP contribution in [0.5, 0.6) is 0 Å². The van der Waals surface area contributed by atoms with Crippen LogP contribution in [-0.2, 0) is 23.9 Å². The minimum Gasteiger partial charge on any atom is -0.453 e. The van der Waals surface area contributed by atoms with E-state index in [1.807, 2.05) is 9.80 Å². The molecule has 2 saturated carbocycles. The first kappa shape index (κ1) is 21.0. The van der Waals surface area contributed by atoms with Gasteiger partial charge in [-0.1, -0.05) is 44.9 Å². The molecule has 1 spiro atoms. The molecule has 0 aromatic carbocycles. The molecule has 7 heteroatoms. The Kier molecular flexibility index (Phi) is 5.33. The van der Waals surface area contributed by atoms with Crippen molar-refractivity contribution in [1.82, 2.24) is 9.80 Å². The average Bonchev–Trinajstić information content (AvgIpc) is 3.14. The number of rotatable bonds is 4. The second-order valence-electron chi connectivity index (χ2n) is 10.3. The van der Waals surface area contributed by atoms with Gasteiger partial charge < -0.3 is 14.5 Å². The lowest BCUT2D eigenvalue weighted by molar-refractivity contribution is -0.155. The summed E-state index contributed by atoms with van der Waals surface area (Å²) in [6, 6.07) is -1.20. The quantitative estimate of drug-likeness (QED) is 0.506. The zero-order chi connectivity index (χ0) is 21.8. The molecule has 0 radical (unpaired) electrons. The summed E-state index contributed by atoms with van der Waals surface area (Å²) < 4.78 is 6.01. The molecule has 0 N–H and O–H groups in total. The van der Waals surface area contributed by atoms with E-state index in [1.54, 1.807) is 0 Å². The van der Waals surface area contributed by atoms with Crippen molar-refractivity contribution in [1.29, 1.82) is 0 Å². The normalized spacial score (nSPS) is 37.1. The van der Waals surface area contributed by atoms with Gasteiger partial charge in [0.05, 0.1) is 18.4 Å². The highest BCUT2D eigenvalue weighted by atomic mass is 16.6. The third-order valence-electron chi connectivity index (χ3n) is 8.48. The molecule has 4 unspecified atom stereocenters. The molecule has 7 nitrogen and oxygen atoms in total. The SMILES string of the molecule is CC(=O)CC1N(C2CCCCCC2)C(=O)C2N(C3CCCCC3)C(=O)C3CC(=O)OC312. The highest BCUT2D eigenvalue weighted by Crippen LogP contribution is 2.56. The van der Waals surface area contributed by atoms with Crippen molar-refractivity contribution in [3.8, 4) is 0 Å². The molecular weight excluding hydrogens is 396 g/mol. The Morgan fingerprint density at radius 2 is 1.42 bits per heavy atom. The number of carbonyl (C=O) groups is 4. The molecule has 31 heavy (non-hydrogen) atoms. The number of ether oxygens (including phenoxy) is 1. The molecule has 5 rings (SSSR count). The summed E-state index contributed by atoms with van der Waals surface area (Å²) >= 11 is 0. The van der Waals surface area contributed by atoms with E-state index in [9.17, 15) is 19.2 Å². The molecule has 4 atom stereocenters. The summed E-state index contributed by atoms with van der Waals surface area (Å²) in [5, 5.41) is 0. The number of likely N-dealkylation sites (tertiary alicyclic amines) is 2. The van der Waals surface area contributed by atoms with Gasteiger partial charge >= 0.3 is 5.97 Å². The smallest absolute Gasteiger partial charge is 0.307 e. The number of carbonyl (C=O) groups excluding carboxylic acids is 4. The summed E-state index contributed by atoms with van der Waals surface area (Å²) in [6.45, 7) is 1.53. The van der Waals surface area contributed by atoms with Gasteiger partial charge in [0, 0.05) is 18.5 Å². The van der Waals surface area contributed by atoms with Gasteiger partial charge in [0.15, 0.2) is 11.6 Å². The standard InChI is InChI=1S/C24H34N2O5/c1-15(27)13-19-24-18(14-20(28)31-24)22(29)26(17-11-7-4-8-12-17)21(24)23(30)25(19)16-9-5-2-3-6-10-16/h16-19,21H,2-14H2,1H3. The lowest BCUT2D eigenvalue weighted by Crippen LogP contribution is -2.54. The Morgan fingerprint density at radius 1 is 0.871 bits per heavy atom. The molecule has 2 amide bonds. The van der Waals surface area contributed by atoms with Crippen LogP contribution < -0.4 is 0 Å². The van der Waals surface area contributed by atoms with Crippen LogP contribution in [0.25, 0.3) is 0 Å². The zero-order valence-electron chi connectivity index (χ0n) is 18.5. The van der Waals surface area contributed by atoms with E-state index in [0.29, 0.717) is 0 Å². The predicted molar refractivity (Wildman–Crippen MR) is 112 cm³/mol. The van der Waals surface area contributed by atoms with Crippen molar-refractivity contribution in [2.24, 2.45) is 5.92 Å². The molecule has 0 aromatic rings. The van der Waals surface area contributed by atoms with Crippen LogP contribution in [0.15, 0.2) is 0 Å². The maximum atomic E-state index is 14.1. The fourth-order valence-electron chi connectivity index (χ4n) is 7.24. The molecule has 0 bridgehead atoms.